The van der Waals surface area contributed by atoms with Gasteiger partial charge < -0.3 is 5.73 Å². The molecule has 0 saturated heterocycles. The van der Waals surface area contributed by atoms with E-state index in [-0.39, 0.29) is 24.2 Å². The summed E-state index contributed by atoms with van der Waals surface area (Å²) in [6.07, 6.45) is 6.28. The SMILES string of the molecule is Cl.NC(=O)C1CC[CH]CC1. The van der Waals surface area contributed by atoms with E-state index in [1.807, 2.05) is 0 Å². The second kappa shape index (κ2) is 4.56. The number of hydrogen-bond donors (Lipinski definition) is 1. The third-order valence-electron chi connectivity index (χ3n) is 1.84. The minimum atomic E-state index is -0.122. The van der Waals surface area contributed by atoms with Crippen molar-refractivity contribution in [2.75, 3.05) is 0 Å². The molecule has 10 heavy (non-hydrogen) atoms. The van der Waals surface area contributed by atoms with E-state index in [9.17, 15) is 4.79 Å². The monoisotopic (exact) mass is 162 g/mol. The number of carbonyl (C=O) groups is 1. The number of halogens is 1. The van der Waals surface area contributed by atoms with E-state index in [4.69, 9.17) is 5.73 Å². The summed E-state index contributed by atoms with van der Waals surface area (Å²) in [7, 11) is 0. The molecule has 1 rings (SSSR count). The Morgan fingerprint density at radius 2 is 1.90 bits per heavy atom. The van der Waals surface area contributed by atoms with E-state index in [0.717, 1.165) is 25.7 Å². The van der Waals surface area contributed by atoms with Crippen molar-refractivity contribution in [3.05, 3.63) is 6.42 Å². The third kappa shape index (κ3) is 2.56. The summed E-state index contributed by atoms with van der Waals surface area (Å²) < 4.78 is 0. The van der Waals surface area contributed by atoms with Crippen molar-refractivity contribution < 1.29 is 4.79 Å². The number of primary amides is 1. The number of amides is 1. The summed E-state index contributed by atoms with van der Waals surface area (Å²) in [4.78, 5) is 10.6. The molecule has 3 heteroatoms. The molecule has 0 aromatic heterocycles. The van der Waals surface area contributed by atoms with Gasteiger partial charge in [-0.25, -0.2) is 0 Å². The van der Waals surface area contributed by atoms with Crippen molar-refractivity contribution in [3.63, 3.8) is 0 Å². The molecule has 1 aliphatic carbocycles. The molecule has 0 aliphatic heterocycles. The Morgan fingerprint density at radius 3 is 2.20 bits per heavy atom. The molecule has 2 nitrogen and oxygen atoms in total. The van der Waals surface area contributed by atoms with Crippen LogP contribution in [0, 0.1) is 12.3 Å². The lowest BCUT2D eigenvalue weighted by Gasteiger charge is -2.17. The molecular formula is C7H13ClNO. The van der Waals surface area contributed by atoms with E-state index >= 15 is 0 Å². The predicted molar refractivity (Wildman–Crippen MR) is 42.7 cm³/mol. The summed E-state index contributed by atoms with van der Waals surface area (Å²) in [5.41, 5.74) is 5.11. The number of nitrogens with two attached hydrogens (primary N) is 1. The van der Waals surface area contributed by atoms with E-state index in [0.29, 0.717) is 0 Å². The van der Waals surface area contributed by atoms with Gasteiger partial charge in [-0.05, 0) is 32.1 Å². The zero-order valence-electron chi connectivity index (χ0n) is 5.88. The zero-order valence-corrected chi connectivity index (χ0v) is 6.69. The van der Waals surface area contributed by atoms with Crippen LogP contribution in [0.5, 0.6) is 0 Å². The highest BCUT2D eigenvalue weighted by molar-refractivity contribution is 5.85. The summed E-state index contributed by atoms with van der Waals surface area (Å²) >= 11 is 0. The quantitative estimate of drug-likeness (QED) is 0.621. The Bertz CT molecular complexity index is 110. The molecule has 0 heterocycles. The summed E-state index contributed by atoms with van der Waals surface area (Å²) in [5.74, 6) is 0.0399. The fraction of sp³-hybridized carbons (Fsp3) is 0.714. The fourth-order valence-electron chi connectivity index (χ4n) is 1.21. The molecule has 1 aliphatic rings. The molecule has 1 saturated carbocycles. The first-order chi connectivity index (χ1) is 4.30. The lowest BCUT2D eigenvalue weighted by Crippen LogP contribution is -2.24. The van der Waals surface area contributed by atoms with Gasteiger partial charge >= 0.3 is 0 Å². The summed E-state index contributed by atoms with van der Waals surface area (Å²) in [5, 5.41) is 0. The maximum atomic E-state index is 10.6. The van der Waals surface area contributed by atoms with Gasteiger partial charge in [0, 0.05) is 5.92 Å². The van der Waals surface area contributed by atoms with E-state index in [2.05, 4.69) is 6.42 Å². The van der Waals surface area contributed by atoms with Crippen LogP contribution in [-0.2, 0) is 4.79 Å². The molecule has 0 bridgehead atoms. The summed E-state index contributed by atoms with van der Waals surface area (Å²) in [6.45, 7) is 0. The average molecular weight is 163 g/mol. The molecule has 0 spiro atoms. The minimum Gasteiger partial charge on any atom is -0.369 e. The molecule has 1 amide bonds. The van der Waals surface area contributed by atoms with Gasteiger partial charge in [-0.1, -0.05) is 0 Å². The minimum absolute atomic E-state index is 0. The van der Waals surface area contributed by atoms with Gasteiger partial charge in [-0.15, -0.1) is 12.4 Å². The Balaban J connectivity index is 0.000000810. The number of rotatable bonds is 1. The average Bonchev–Trinajstić information content (AvgIpc) is 1.90. The van der Waals surface area contributed by atoms with Crippen molar-refractivity contribution >= 4 is 18.3 Å². The smallest absolute Gasteiger partial charge is 0.220 e. The van der Waals surface area contributed by atoms with Crippen LogP contribution in [0.2, 0.25) is 0 Å². The van der Waals surface area contributed by atoms with Crippen LogP contribution in [0.15, 0.2) is 0 Å². The first kappa shape index (κ1) is 9.76. The molecule has 2 N–H and O–H groups in total. The molecule has 0 atom stereocenters. The van der Waals surface area contributed by atoms with E-state index < -0.39 is 0 Å². The molecule has 1 fully saturated rings. The highest BCUT2D eigenvalue weighted by Gasteiger charge is 2.17. The van der Waals surface area contributed by atoms with Gasteiger partial charge in [0.05, 0.1) is 0 Å². The van der Waals surface area contributed by atoms with Crippen molar-refractivity contribution in [3.8, 4) is 0 Å². The molecule has 0 aromatic rings. The normalized spacial score (nSPS) is 19.6. The van der Waals surface area contributed by atoms with Gasteiger partial charge in [0.15, 0.2) is 0 Å². The zero-order chi connectivity index (χ0) is 6.69. The lowest BCUT2D eigenvalue weighted by atomic mass is 9.89. The van der Waals surface area contributed by atoms with Crippen LogP contribution in [0.3, 0.4) is 0 Å². The van der Waals surface area contributed by atoms with E-state index in [1.165, 1.54) is 0 Å². The molecular weight excluding hydrogens is 150 g/mol. The molecule has 59 valence electrons. The lowest BCUT2D eigenvalue weighted by molar-refractivity contribution is -0.122. The molecule has 0 aromatic carbocycles. The van der Waals surface area contributed by atoms with Gasteiger partial charge in [0.25, 0.3) is 0 Å². The number of hydrogen-bond acceptors (Lipinski definition) is 1. The second-order valence-corrected chi connectivity index (χ2v) is 2.54. The largest absolute Gasteiger partial charge is 0.369 e. The third-order valence-corrected chi connectivity index (χ3v) is 1.84. The van der Waals surface area contributed by atoms with Crippen LogP contribution in [0.25, 0.3) is 0 Å². The van der Waals surface area contributed by atoms with E-state index in [1.54, 1.807) is 0 Å². The van der Waals surface area contributed by atoms with Crippen LogP contribution in [0.4, 0.5) is 0 Å². The molecule has 1 radical (unpaired) electrons. The number of carbonyl (C=O) groups excluding carboxylic acids is 1. The standard InChI is InChI=1S/C7H12NO.ClH/c8-7(9)6-4-2-1-3-5-6;/h1,6H,2-5H2,(H2,8,9);1H. The maximum Gasteiger partial charge on any atom is 0.220 e. The first-order valence-corrected chi connectivity index (χ1v) is 3.41. The van der Waals surface area contributed by atoms with Gasteiger partial charge in [0.2, 0.25) is 5.91 Å². The van der Waals surface area contributed by atoms with Crippen LogP contribution in [-0.4, -0.2) is 5.91 Å². The van der Waals surface area contributed by atoms with Crippen molar-refractivity contribution in [1.82, 2.24) is 0 Å². The van der Waals surface area contributed by atoms with Crippen molar-refractivity contribution in [2.45, 2.75) is 25.7 Å². The predicted octanol–water partition coefficient (Wildman–Crippen LogP) is 1.29. The Hall–Kier alpha value is -0.240. The topological polar surface area (TPSA) is 43.1 Å². The highest BCUT2D eigenvalue weighted by atomic mass is 35.5. The second-order valence-electron chi connectivity index (χ2n) is 2.54. The molecule has 0 unspecified atom stereocenters. The highest BCUT2D eigenvalue weighted by Crippen LogP contribution is 2.21. The Morgan fingerprint density at radius 1 is 1.40 bits per heavy atom. The summed E-state index contributed by atoms with van der Waals surface area (Å²) in [6, 6.07) is 0. The van der Waals surface area contributed by atoms with Crippen LogP contribution in [0.1, 0.15) is 25.7 Å². The van der Waals surface area contributed by atoms with Gasteiger partial charge in [-0.3, -0.25) is 4.79 Å². The van der Waals surface area contributed by atoms with Gasteiger partial charge in [0.1, 0.15) is 0 Å². The van der Waals surface area contributed by atoms with Gasteiger partial charge in [-0.2, -0.15) is 0 Å². The Labute approximate surface area is 67.6 Å². The Kier molecular flexibility index (Phi) is 4.45. The van der Waals surface area contributed by atoms with Crippen molar-refractivity contribution in [2.24, 2.45) is 11.7 Å². The maximum absolute atomic E-state index is 10.6. The van der Waals surface area contributed by atoms with Crippen LogP contribution < -0.4 is 5.73 Å². The first-order valence-electron chi connectivity index (χ1n) is 3.41. The van der Waals surface area contributed by atoms with Crippen molar-refractivity contribution in [1.29, 1.82) is 0 Å². The van der Waals surface area contributed by atoms with Crippen LogP contribution >= 0.6 is 12.4 Å². The fourth-order valence-corrected chi connectivity index (χ4v) is 1.21.